The Morgan fingerprint density at radius 1 is 1.12 bits per heavy atom. The van der Waals surface area contributed by atoms with Crippen molar-refractivity contribution in [2.45, 2.75) is 84.0 Å². The molecule has 0 aliphatic carbocycles. The van der Waals surface area contributed by atoms with Crippen LogP contribution in [0.3, 0.4) is 0 Å². The average molecular weight is 700 g/mol. The van der Waals surface area contributed by atoms with E-state index < -0.39 is 28.1 Å². The van der Waals surface area contributed by atoms with E-state index >= 15 is 0 Å². The number of likely N-dealkylation sites (N-methyl/N-ethyl adjacent to an activating group) is 1. The van der Waals surface area contributed by atoms with Crippen LogP contribution in [0, 0.1) is 26.7 Å². The highest BCUT2D eigenvalue weighted by Gasteiger charge is 2.31. The minimum atomic E-state index is -3.94. The molecule has 1 aliphatic rings. The van der Waals surface area contributed by atoms with E-state index in [1.807, 2.05) is 20.8 Å². The van der Waals surface area contributed by atoms with E-state index in [2.05, 4.69) is 15.2 Å². The maximum atomic E-state index is 14.4. The lowest BCUT2D eigenvalue weighted by atomic mass is 10.0. The van der Waals surface area contributed by atoms with Gasteiger partial charge in [0, 0.05) is 38.3 Å². The molecule has 0 saturated heterocycles. The number of carbonyl (C=O) groups excluding carboxylic acids is 2. The van der Waals surface area contributed by atoms with Gasteiger partial charge in [0.2, 0.25) is 0 Å². The van der Waals surface area contributed by atoms with Crippen LogP contribution >= 0.6 is 0 Å². The fraction of sp³-hybridized carbons (Fsp3) is 0.514. The van der Waals surface area contributed by atoms with Crippen molar-refractivity contribution in [3.8, 4) is 5.75 Å². The summed E-state index contributed by atoms with van der Waals surface area (Å²) in [7, 11) is -2.27. The van der Waals surface area contributed by atoms with Crippen molar-refractivity contribution in [2.24, 2.45) is 5.92 Å². The first kappa shape index (κ1) is 37.7. The number of anilines is 2. The zero-order chi connectivity index (χ0) is 35.9. The van der Waals surface area contributed by atoms with Crippen molar-refractivity contribution in [1.82, 2.24) is 15.0 Å². The van der Waals surface area contributed by atoms with Gasteiger partial charge in [0.25, 0.3) is 15.9 Å². The molecule has 0 fully saturated rings. The zero-order valence-corrected chi connectivity index (χ0v) is 30.2. The van der Waals surface area contributed by atoms with Crippen molar-refractivity contribution in [2.75, 3.05) is 43.4 Å². The van der Waals surface area contributed by atoms with Crippen LogP contribution in [0.5, 0.6) is 5.75 Å². The first-order chi connectivity index (χ1) is 23.2. The predicted octanol–water partition coefficient (Wildman–Crippen LogP) is 5.36. The van der Waals surface area contributed by atoms with Gasteiger partial charge < -0.3 is 34.2 Å². The number of amides is 3. The summed E-state index contributed by atoms with van der Waals surface area (Å²) in [4.78, 5) is 30.7. The molecular formula is C35H49N5O8S. The van der Waals surface area contributed by atoms with Gasteiger partial charge in [-0.25, -0.2) is 13.2 Å². The van der Waals surface area contributed by atoms with Crippen molar-refractivity contribution in [1.29, 1.82) is 0 Å². The van der Waals surface area contributed by atoms with E-state index in [1.54, 1.807) is 57.0 Å². The quantitative estimate of drug-likeness (QED) is 0.281. The average Bonchev–Trinajstić information content (AvgIpc) is 3.38. The van der Waals surface area contributed by atoms with Gasteiger partial charge in [-0.15, -0.1) is 0 Å². The number of aliphatic hydroxyl groups is 1. The molecule has 3 amide bonds. The summed E-state index contributed by atoms with van der Waals surface area (Å²) in [6.07, 6.45) is 1.55. The van der Waals surface area contributed by atoms with E-state index in [-0.39, 0.29) is 53.9 Å². The Labute approximate surface area is 289 Å². The van der Waals surface area contributed by atoms with Crippen molar-refractivity contribution in [3.05, 3.63) is 65.0 Å². The number of sulfonamides is 1. The van der Waals surface area contributed by atoms with Crippen LogP contribution in [0.1, 0.15) is 67.4 Å². The number of rotatable bonds is 8. The van der Waals surface area contributed by atoms with Crippen LogP contribution in [-0.4, -0.2) is 92.0 Å². The minimum Gasteiger partial charge on any atom is -0.490 e. The number of aliphatic hydroxyl groups excluding tert-OH is 1. The Balaban J connectivity index is 1.63. The standard InChI is InChI=1S/C35H49N5O8S/c1-22-11-14-29(15-12-22)49(44,45)38-28-13-16-31-30(18-28)34(42)40(24(3)21-41)19-23(2)32(46-17-9-8-10-25(4)47-31)20-39(7)35(43)36-33-26(5)37-48-27(33)6/h11-16,18,23-25,32,38,41H,8-10,17,19-21H2,1-7H3,(H,36,43)/t23-,24-,25-,32+/m0/s1. The first-order valence-electron chi connectivity index (χ1n) is 16.6. The molecule has 0 saturated carbocycles. The summed E-state index contributed by atoms with van der Waals surface area (Å²) < 4.78 is 46.8. The van der Waals surface area contributed by atoms with E-state index in [1.165, 1.54) is 23.1 Å². The molecule has 1 aromatic heterocycles. The molecule has 1 aliphatic heterocycles. The molecule has 3 N–H and O–H groups in total. The second kappa shape index (κ2) is 16.5. The first-order valence-corrected chi connectivity index (χ1v) is 18.1. The molecule has 268 valence electrons. The molecule has 4 atom stereocenters. The van der Waals surface area contributed by atoms with Gasteiger partial charge in [0.05, 0.1) is 35.3 Å². The Morgan fingerprint density at radius 2 is 1.84 bits per heavy atom. The maximum Gasteiger partial charge on any atom is 0.321 e. The van der Waals surface area contributed by atoms with Crippen LogP contribution in [0.4, 0.5) is 16.2 Å². The largest absolute Gasteiger partial charge is 0.490 e. The normalized spacial score (nSPS) is 20.0. The molecule has 14 heteroatoms. The third-order valence-corrected chi connectivity index (χ3v) is 10.1. The number of hydrogen-bond acceptors (Lipinski definition) is 9. The molecule has 13 nitrogen and oxygen atoms in total. The molecule has 2 aromatic carbocycles. The fourth-order valence-electron chi connectivity index (χ4n) is 5.60. The summed E-state index contributed by atoms with van der Waals surface area (Å²) in [5, 5.41) is 17.0. The number of hydrogen-bond donors (Lipinski definition) is 3. The fourth-order valence-corrected chi connectivity index (χ4v) is 6.65. The molecule has 4 rings (SSSR count). The number of fused-ring (bicyclic) bond motifs is 1. The molecule has 0 spiro atoms. The SMILES string of the molecule is Cc1ccc(S(=O)(=O)Nc2ccc3c(c2)C(=O)N([C@@H](C)CO)C[C@H](C)[C@@H](CN(C)C(=O)Nc2c(C)noc2C)OCCCC[C@H](C)O3)cc1. The van der Waals surface area contributed by atoms with Crippen LogP contribution in [-0.2, 0) is 14.8 Å². The van der Waals surface area contributed by atoms with Gasteiger partial charge in [-0.1, -0.05) is 29.8 Å². The zero-order valence-electron chi connectivity index (χ0n) is 29.4. The van der Waals surface area contributed by atoms with Gasteiger partial charge in [0.15, 0.2) is 5.76 Å². The topological polar surface area (TPSA) is 164 Å². The lowest BCUT2D eigenvalue weighted by Crippen LogP contribution is -2.48. The van der Waals surface area contributed by atoms with Crippen LogP contribution < -0.4 is 14.8 Å². The van der Waals surface area contributed by atoms with Gasteiger partial charge in [-0.3, -0.25) is 9.52 Å². The molecule has 0 radical (unpaired) electrons. The van der Waals surface area contributed by atoms with Gasteiger partial charge >= 0.3 is 6.03 Å². The van der Waals surface area contributed by atoms with Crippen LogP contribution in [0.25, 0.3) is 0 Å². The van der Waals surface area contributed by atoms with Crippen molar-refractivity contribution >= 4 is 33.3 Å². The number of carbonyl (C=O) groups is 2. The number of aromatic nitrogens is 1. The highest BCUT2D eigenvalue weighted by atomic mass is 32.2. The molecular weight excluding hydrogens is 650 g/mol. The van der Waals surface area contributed by atoms with E-state index in [0.717, 1.165) is 18.4 Å². The lowest BCUT2D eigenvalue weighted by Gasteiger charge is -2.35. The monoisotopic (exact) mass is 699 g/mol. The number of ether oxygens (including phenoxy) is 2. The van der Waals surface area contributed by atoms with Crippen LogP contribution in [0.15, 0.2) is 51.9 Å². The Kier molecular flexibility index (Phi) is 12.7. The third-order valence-electron chi connectivity index (χ3n) is 8.70. The number of aryl methyl sites for hydroxylation is 3. The summed E-state index contributed by atoms with van der Waals surface area (Å²) in [5.74, 6) is 0.104. The van der Waals surface area contributed by atoms with Crippen molar-refractivity contribution < 1.29 is 37.1 Å². The van der Waals surface area contributed by atoms with Gasteiger partial charge in [0.1, 0.15) is 17.1 Å². The highest BCUT2D eigenvalue weighted by molar-refractivity contribution is 7.92. The minimum absolute atomic E-state index is 0.0927. The van der Waals surface area contributed by atoms with E-state index in [9.17, 15) is 23.1 Å². The Morgan fingerprint density at radius 3 is 2.49 bits per heavy atom. The Bertz CT molecular complexity index is 1670. The molecule has 3 aromatic rings. The van der Waals surface area contributed by atoms with E-state index in [0.29, 0.717) is 35.9 Å². The number of nitrogens with one attached hydrogen (secondary N) is 2. The smallest absolute Gasteiger partial charge is 0.321 e. The summed E-state index contributed by atoms with van der Waals surface area (Å²) >= 11 is 0. The molecule has 0 unspecified atom stereocenters. The number of nitrogens with zero attached hydrogens (tertiary/aromatic N) is 3. The Hall–Kier alpha value is -4.14. The van der Waals surface area contributed by atoms with Crippen LogP contribution in [0.2, 0.25) is 0 Å². The molecule has 2 heterocycles. The third kappa shape index (κ3) is 9.73. The predicted molar refractivity (Wildman–Crippen MR) is 186 cm³/mol. The highest BCUT2D eigenvalue weighted by Crippen LogP contribution is 2.30. The second-order valence-electron chi connectivity index (χ2n) is 12.9. The summed E-state index contributed by atoms with van der Waals surface area (Å²) in [6, 6.07) is 10.2. The maximum absolute atomic E-state index is 14.4. The summed E-state index contributed by atoms with van der Waals surface area (Å²) in [6.45, 7) is 11.5. The molecule has 0 bridgehead atoms. The number of benzene rings is 2. The lowest BCUT2D eigenvalue weighted by molar-refractivity contribution is -0.0115. The van der Waals surface area contributed by atoms with Gasteiger partial charge in [-0.2, -0.15) is 0 Å². The van der Waals surface area contributed by atoms with Crippen molar-refractivity contribution in [3.63, 3.8) is 0 Å². The van der Waals surface area contributed by atoms with Gasteiger partial charge in [-0.05, 0) is 84.2 Å². The van der Waals surface area contributed by atoms with E-state index in [4.69, 9.17) is 14.0 Å². The summed E-state index contributed by atoms with van der Waals surface area (Å²) in [5.41, 5.74) is 2.37. The number of urea groups is 1. The second-order valence-corrected chi connectivity index (χ2v) is 14.6. The molecule has 49 heavy (non-hydrogen) atoms.